The van der Waals surface area contributed by atoms with Crippen molar-refractivity contribution < 1.29 is 28.5 Å². The van der Waals surface area contributed by atoms with Gasteiger partial charge < -0.3 is 20.0 Å². The lowest BCUT2D eigenvalue weighted by Crippen LogP contribution is -2.30. The summed E-state index contributed by atoms with van der Waals surface area (Å²) in [6.45, 7) is 0. The van der Waals surface area contributed by atoms with Crippen molar-refractivity contribution in [2.45, 2.75) is 17.2 Å². The van der Waals surface area contributed by atoms with Gasteiger partial charge in [-0.3, -0.25) is 9.66 Å². The second-order valence-corrected chi connectivity index (χ2v) is 5.64. The monoisotopic (exact) mass is 273 g/mol. The summed E-state index contributed by atoms with van der Waals surface area (Å²) in [4.78, 5) is 18.9. The van der Waals surface area contributed by atoms with Gasteiger partial charge in [0, 0.05) is 0 Å². The van der Waals surface area contributed by atoms with E-state index in [4.69, 9.17) is 9.79 Å². The molecule has 0 aromatic carbocycles. The summed E-state index contributed by atoms with van der Waals surface area (Å²) in [6, 6.07) is 0. The maximum atomic E-state index is 12.3. The summed E-state index contributed by atoms with van der Waals surface area (Å²) in [5.74, 6) is -0.208. The van der Waals surface area contributed by atoms with E-state index in [9.17, 15) is 18.7 Å². The van der Waals surface area contributed by atoms with E-state index in [1.54, 1.807) is 0 Å². The maximum absolute atomic E-state index is 12.3. The SMILES string of the molecule is O=P(O)(O)C(SF)[C@@H](O)[C@H](O)c1ncn[nH]1. The number of rotatable bonds is 5. The molecule has 16 heavy (non-hydrogen) atoms. The lowest BCUT2D eigenvalue weighted by Gasteiger charge is -2.22. The first kappa shape index (κ1) is 13.6. The van der Waals surface area contributed by atoms with E-state index in [1.807, 2.05) is 0 Å². The molecular formula is C5H9FN3O5PS. The zero-order valence-electron chi connectivity index (χ0n) is 7.63. The van der Waals surface area contributed by atoms with Crippen LogP contribution in [0.15, 0.2) is 6.33 Å². The molecular weight excluding hydrogens is 264 g/mol. The number of hydrogen-bond acceptors (Lipinski definition) is 6. The van der Waals surface area contributed by atoms with E-state index in [0.717, 1.165) is 6.33 Å². The van der Waals surface area contributed by atoms with Crippen molar-refractivity contribution in [3.8, 4) is 0 Å². The highest BCUT2D eigenvalue weighted by atomic mass is 32.2. The predicted molar refractivity (Wildman–Crippen MR) is 51.9 cm³/mol. The average Bonchev–Trinajstić information content (AvgIpc) is 2.67. The van der Waals surface area contributed by atoms with Gasteiger partial charge in [-0.1, -0.05) is 0 Å². The zero-order chi connectivity index (χ0) is 12.3. The molecule has 5 N–H and O–H groups in total. The van der Waals surface area contributed by atoms with E-state index in [0.29, 0.717) is 0 Å². The van der Waals surface area contributed by atoms with Gasteiger partial charge in [0.2, 0.25) is 0 Å². The molecule has 11 heteroatoms. The fourth-order valence-electron chi connectivity index (χ4n) is 0.979. The molecule has 8 nitrogen and oxygen atoms in total. The fourth-order valence-corrected chi connectivity index (χ4v) is 2.21. The number of H-pyrrole nitrogens is 1. The lowest BCUT2D eigenvalue weighted by molar-refractivity contribution is 0.0192. The van der Waals surface area contributed by atoms with Gasteiger partial charge in [-0.25, -0.2) is 4.98 Å². The molecule has 0 saturated carbocycles. The minimum Gasteiger partial charge on any atom is -0.388 e. The maximum Gasteiger partial charge on any atom is 0.343 e. The first-order valence-electron chi connectivity index (χ1n) is 3.92. The topological polar surface area (TPSA) is 140 Å². The van der Waals surface area contributed by atoms with Crippen LogP contribution in [-0.4, -0.2) is 46.3 Å². The van der Waals surface area contributed by atoms with Crippen LogP contribution < -0.4 is 0 Å². The molecule has 3 atom stereocenters. The van der Waals surface area contributed by atoms with Gasteiger partial charge in [0.05, 0.1) is 12.1 Å². The Balaban J connectivity index is 2.84. The molecule has 0 spiro atoms. The molecule has 0 amide bonds. The molecule has 0 saturated heterocycles. The van der Waals surface area contributed by atoms with E-state index in [2.05, 4.69) is 15.2 Å². The van der Waals surface area contributed by atoms with E-state index >= 15 is 0 Å². The Hall–Kier alpha value is -0.510. The highest BCUT2D eigenvalue weighted by Gasteiger charge is 2.41. The van der Waals surface area contributed by atoms with Gasteiger partial charge in [-0.2, -0.15) is 8.98 Å². The molecule has 0 radical (unpaired) electrons. The molecule has 0 aliphatic heterocycles. The van der Waals surface area contributed by atoms with Gasteiger partial charge in [0.15, 0.2) is 10.8 Å². The highest BCUT2D eigenvalue weighted by molar-refractivity contribution is 8.01. The van der Waals surface area contributed by atoms with Crippen LogP contribution in [0.5, 0.6) is 0 Å². The van der Waals surface area contributed by atoms with Crippen LogP contribution in [0.25, 0.3) is 0 Å². The van der Waals surface area contributed by atoms with Gasteiger partial charge in [-0.15, -0.1) is 0 Å². The predicted octanol–water partition coefficient (Wildman–Crippen LogP) is -0.680. The summed E-state index contributed by atoms with van der Waals surface area (Å²) >= 11 is -0.725. The molecule has 1 aromatic heterocycles. The van der Waals surface area contributed by atoms with Crippen molar-refractivity contribution in [3.05, 3.63) is 12.2 Å². The van der Waals surface area contributed by atoms with Crippen molar-refractivity contribution in [1.82, 2.24) is 15.2 Å². The molecule has 1 heterocycles. The second kappa shape index (κ2) is 5.21. The van der Waals surface area contributed by atoms with Crippen LogP contribution in [-0.2, 0) is 4.57 Å². The number of nitrogens with one attached hydrogen (secondary N) is 1. The Kier molecular flexibility index (Phi) is 4.42. The Morgan fingerprint density at radius 1 is 1.50 bits per heavy atom. The molecule has 92 valence electrons. The van der Waals surface area contributed by atoms with E-state index in [-0.39, 0.29) is 5.82 Å². The minimum atomic E-state index is -4.87. The molecule has 1 unspecified atom stereocenters. The molecule has 0 aliphatic rings. The summed E-state index contributed by atoms with van der Waals surface area (Å²) in [6.07, 6.45) is -2.74. The highest BCUT2D eigenvalue weighted by Crippen LogP contribution is 2.50. The summed E-state index contributed by atoms with van der Waals surface area (Å²) in [7, 11) is -4.87. The van der Waals surface area contributed by atoms with Crippen molar-refractivity contribution in [2.24, 2.45) is 0 Å². The van der Waals surface area contributed by atoms with E-state index < -0.39 is 36.9 Å². The summed E-state index contributed by atoms with van der Waals surface area (Å²) in [5, 5.41) is 24.4. The summed E-state index contributed by atoms with van der Waals surface area (Å²) in [5.41, 5.74) is 0. The molecule has 0 fully saturated rings. The van der Waals surface area contributed by atoms with Crippen molar-refractivity contribution >= 4 is 19.7 Å². The number of aliphatic hydroxyl groups is 2. The van der Waals surface area contributed by atoms with Gasteiger partial charge in [0.1, 0.15) is 18.5 Å². The number of aliphatic hydroxyl groups excluding tert-OH is 2. The molecule has 0 aliphatic carbocycles. The normalized spacial score (nSPS) is 18.1. The first-order chi connectivity index (χ1) is 7.38. The van der Waals surface area contributed by atoms with Crippen LogP contribution in [0, 0.1) is 0 Å². The van der Waals surface area contributed by atoms with Crippen LogP contribution in [0.2, 0.25) is 0 Å². The second-order valence-electron chi connectivity index (χ2n) is 2.87. The standard InChI is InChI=1S/C5H9FN3O5PS/c6-16-5(15(12,13)14)3(11)2(10)4-7-1-8-9-4/h1-3,5,10-11H,(H,7,8,9)(H2,12,13,14)/t2-,3-,5?/m0/s1. The van der Waals surface area contributed by atoms with Crippen molar-refractivity contribution in [3.63, 3.8) is 0 Å². The average molecular weight is 273 g/mol. The third-order valence-electron chi connectivity index (χ3n) is 1.75. The number of nitrogens with zero attached hydrogens (tertiary/aromatic N) is 2. The third-order valence-corrected chi connectivity index (χ3v) is 4.25. The number of aromatic amines is 1. The molecule has 0 bridgehead atoms. The Bertz CT molecular complexity index is 372. The molecule has 1 aromatic rings. The largest absolute Gasteiger partial charge is 0.388 e. The fraction of sp³-hybridized carbons (Fsp3) is 0.600. The zero-order valence-corrected chi connectivity index (χ0v) is 9.35. The number of halogens is 1. The van der Waals surface area contributed by atoms with Crippen LogP contribution >= 0.6 is 19.7 Å². The minimum absolute atomic E-state index is 0.208. The molecule has 1 rings (SSSR count). The number of aromatic nitrogens is 3. The quantitative estimate of drug-likeness (QED) is 0.444. The Labute approximate surface area is 93.4 Å². The number of hydrogen-bond donors (Lipinski definition) is 5. The lowest BCUT2D eigenvalue weighted by atomic mass is 10.2. The van der Waals surface area contributed by atoms with Crippen molar-refractivity contribution in [2.75, 3.05) is 0 Å². The van der Waals surface area contributed by atoms with Crippen LogP contribution in [0.1, 0.15) is 11.9 Å². The van der Waals surface area contributed by atoms with E-state index in [1.165, 1.54) is 0 Å². The third kappa shape index (κ3) is 3.00. The van der Waals surface area contributed by atoms with Crippen LogP contribution in [0.4, 0.5) is 3.89 Å². The first-order valence-corrected chi connectivity index (χ1v) is 6.38. The Morgan fingerprint density at radius 2 is 2.12 bits per heavy atom. The van der Waals surface area contributed by atoms with Gasteiger partial charge in [0.25, 0.3) is 0 Å². The van der Waals surface area contributed by atoms with Crippen LogP contribution in [0.3, 0.4) is 0 Å². The smallest absolute Gasteiger partial charge is 0.343 e. The Morgan fingerprint density at radius 3 is 2.50 bits per heavy atom. The van der Waals surface area contributed by atoms with Gasteiger partial charge >= 0.3 is 7.60 Å². The van der Waals surface area contributed by atoms with Crippen molar-refractivity contribution in [1.29, 1.82) is 0 Å². The summed E-state index contributed by atoms with van der Waals surface area (Å²) < 4.78 is 23.1. The van der Waals surface area contributed by atoms with Gasteiger partial charge in [-0.05, 0) is 0 Å².